The Labute approximate surface area is 144 Å². The van der Waals surface area contributed by atoms with Crippen LogP contribution in [0.25, 0.3) is 0 Å². The summed E-state index contributed by atoms with van der Waals surface area (Å²) >= 11 is 18.1. The highest BCUT2D eigenvalue weighted by atomic mass is 35.5. The molecular weight excluding hydrogens is 345 g/mol. The van der Waals surface area contributed by atoms with Crippen molar-refractivity contribution in [3.8, 4) is 5.75 Å². The molecule has 1 amide bonds. The van der Waals surface area contributed by atoms with Crippen LogP contribution in [0.2, 0.25) is 15.1 Å². The molecule has 22 heavy (non-hydrogen) atoms. The number of nitrogens with one attached hydrogen (secondary N) is 1. The molecule has 6 heteroatoms. The molecule has 2 rings (SSSR count). The van der Waals surface area contributed by atoms with E-state index in [0.717, 1.165) is 0 Å². The van der Waals surface area contributed by atoms with E-state index >= 15 is 0 Å². The molecule has 0 aromatic heterocycles. The lowest BCUT2D eigenvalue weighted by Gasteiger charge is -2.13. The molecule has 0 radical (unpaired) electrons. The van der Waals surface area contributed by atoms with E-state index in [-0.39, 0.29) is 17.0 Å². The third-order valence-electron chi connectivity index (χ3n) is 2.75. The van der Waals surface area contributed by atoms with Crippen LogP contribution in [0, 0.1) is 0 Å². The van der Waals surface area contributed by atoms with Crippen LogP contribution >= 0.6 is 34.8 Å². The van der Waals surface area contributed by atoms with E-state index in [9.17, 15) is 4.79 Å². The summed E-state index contributed by atoms with van der Waals surface area (Å²) in [6, 6.07) is 9.92. The molecule has 0 bridgehead atoms. The van der Waals surface area contributed by atoms with Crippen LogP contribution < -0.4 is 10.1 Å². The topological polar surface area (TPSA) is 38.3 Å². The van der Waals surface area contributed by atoms with Crippen LogP contribution in [0.4, 0.5) is 5.69 Å². The molecule has 1 N–H and O–H groups in total. The Hall–Kier alpha value is -1.42. The molecule has 0 aliphatic heterocycles. The fraction of sp³-hybridized carbons (Fsp3) is 0.188. The lowest BCUT2D eigenvalue weighted by molar-refractivity contribution is 0.102. The van der Waals surface area contributed by atoms with Crippen LogP contribution in [0.3, 0.4) is 0 Å². The summed E-state index contributed by atoms with van der Waals surface area (Å²) < 4.78 is 5.54. The van der Waals surface area contributed by atoms with Crippen molar-refractivity contribution in [1.82, 2.24) is 0 Å². The average molecular weight is 359 g/mol. The molecule has 0 aliphatic carbocycles. The Morgan fingerprint density at radius 2 is 1.82 bits per heavy atom. The van der Waals surface area contributed by atoms with E-state index in [1.165, 1.54) is 0 Å². The van der Waals surface area contributed by atoms with Crippen molar-refractivity contribution in [3.63, 3.8) is 0 Å². The van der Waals surface area contributed by atoms with Gasteiger partial charge < -0.3 is 10.1 Å². The number of halogens is 3. The molecule has 0 aliphatic rings. The second-order valence-electron chi connectivity index (χ2n) is 4.87. The number of carbonyl (C=O) groups is 1. The third-order valence-corrected chi connectivity index (χ3v) is 3.86. The first-order chi connectivity index (χ1) is 10.4. The van der Waals surface area contributed by atoms with Gasteiger partial charge in [0.2, 0.25) is 0 Å². The lowest BCUT2D eigenvalue weighted by Crippen LogP contribution is -2.13. The predicted molar refractivity (Wildman–Crippen MR) is 91.6 cm³/mol. The number of hydrogen-bond acceptors (Lipinski definition) is 2. The largest absolute Gasteiger partial charge is 0.489 e. The summed E-state index contributed by atoms with van der Waals surface area (Å²) in [6.45, 7) is 3.82. The molecule has 116 valence electrons. The molecule has 0 fully saturated rings. The Bertz CT molecular complexity index is 702. The van der Waals surface area contributed by atoms with Crippen molar-refractivity contribution < 1.29 is 9.53 Å². The maximum absolute atomic E-state index is 12.2. The van der Waals surface area contributed by atoms with Gasteiger partial charge in [-0.3, -0.25) is 4.79 Å². The van der Waals surface area contributed by atoms with Gasteiger partial charge in [-0.25, -0.2) is 0 Å². The monoisotopic (exact) mass is 357 g/mol. The number of benzene rings is 2. The van der Waals surface area contributed by atoms with Crippen LogP contribution in [-0.2, 0) is 0 Å². The van der Waals surface area contributed by atoms with Crippen LogP contribution in [0.5, 0.6) is 5.75 Å². The second-order valence-corrected chi connectivity index (χ2v) is 6.06. The smallest absolute Gasteiger partial charge is 0.257 e. The first kappa shape index (κ1) is 16.9. The van der Waals surface area contributed by atoms with Gasteiger partial charge in [0.25, 0.3) is 5.91 Å². The molecule has 3 nitrogen and oxygen atoms in total. The Balaban J connectivity index is 2.18. The van der Waals surface area contributed by atoms with Gasteiger partial charge in [0.1, 0.15) is 5.75 Å². The van der Waals surface area contributed by atoms with Crippen molar-refractivity contribution in [1.29, 1.82) is 0 Å². The highest BCUT2D eigenvalue weighted by molar-refractivity contribution is 6.44. The van der Waals surface area contributed by atoms with Gasteiger partial charge in [-0.1, -0.05) is 40.9 Å². The molecule has 0 heterocycles. The zero-order valence-electron chi connectivity index (χ0n) is 12.0. The van der Waals surface area contributed by atoms with Gasteiger partial charge >= 0.3 is 0 Å². The maximum Gasteiger partial charge on any atom is 0.257 e. The van der Waals surface area contributed by atoms with Gasteiger partial charge in [0, 0.05) is 5.69 Å². The first-order valence-electron chi connectivity index (χ1n) is 6.60. The zero-order valence-corrected chi connectivity index (χ0v) is 14.3. The first-order valence-corrected chi connectivity index (χ1v) is 7.73. The minimum atomic E-state index is -0.360. The van der Waals surface area contributed by atoms with Gasteiger partial charge in [-0.15, -0.1) is 0 Å². The fourth-order valence-electron chi connectivity index (χ4n) is 1.81. The number of hydrogen-bond donors (Lipinski definition) is 1. The summed E-state index contributed by atoms with van der Waals surface area (Å²) in [6.07, 6.45) is 0.0169. The number of ether oxygens (including phenoxy) is 1. The Morgan fingerprint density at radius 3 is 2.45 bits per heavy atom. The third kappa shape index (κ3) is 4.07. The Morgan fingerprint density at radius 1 is 1.09 bits per heavy atom. The van der Waals surface area contributed by atoms with E-state index in [2.05, 4.69) is 5.32 Å². The fourth-order valence-corrected chi connectivity index (χ4v) is 2.42. The summed E-state index contributed by atoms with van der Waals surface area (Å²) in [5, 5.41) is 3.69. The van der Waals surface area contributed by atoms with E-state index in [1.54, 1.807) is 36.4 Å². The second kappa shape index (κ2) is 7.23. The van der Waals surface area contributed by atoms with E-state index in [4.69, 9.17) is 39.5 Å². The minimum Gasteiger partial charge on any atom is -0.489 e. The van der Waals surface area contributed by atoms with Crippen LogP contribution in [0.1, 0.15) is 24.2 Å². The molecular formula is C16H14Cl3NO2. The predicted octanol–water partition coefficient (Wildman–Crippen LogP) is 5.69. The number of amides is 1. The van der Waals surface area contributed by atoms with Crippen molar-refractivity contribution in [2.75, 3.05) is 5.32 Å². The maximum atomic E-state index is 12.2. The zero-order chi connectivity index (χ0) is 16.3. The summed E-state index contributed by atoms with van der Waals surface area (Å²) in [7, 11) is 0. The van der Waals surface area contributed by atoms with Crippen molar-refractivity contribution in [3.05, 3.63) is 57.0 Å². The van der Waals surface area contributed by atoms with E-state index < -0.39 is 0 Å². The molecule has 0 spiro atoms. The van der Waals surface area contributed by atoms with Gasteiger partial charge in [-0.05, 0) is 44.2 Å². The van der Waals surface area contributed by atoms with Crippen molar-refractivity contribution >= 4 is 46.4 Å². The normalized spacial score (nSPS) is 10.6. The quantitative estimate of drug-likeness (QED) is 0.763. The molecule has 2 aromatic carbocycles. The number of carbonyl (C=O) groups excluding carboxylic acids is 1. The number of rotatable bonds is 4. The van der Waals surface area contributed by atoms with Crippen molar-refractivity contribution in [2.24, 2.45) is 0 Å². The molecule has 0 unspecified atom stereocenters. The summed E-state index contributed by atoms with van der Waals surface area (Å²) in [4.78, 5) is 12.2. The standard InChI is InChI=1S/C16H14Cl3NO2/c1-9(2)22-14-7-6-10(8-13(14)18)20-16(21)11-4-3-5-12(17)15(11)19/h3-9H,1-2H3,(H,20,21). The van der Waals surface area contributed by atoms with Gasteiger partial charge in [0.05, 0.1) is 26.7 Å². The molecule has 2 aromatic rings. The molecule has 0 atom stereocenters. The highest BCUT2D eigenvalue weighted by Crippen LogP contribution is 2.30. The van der Waals surface area contributed by atoms with Crippen LogP contribution in [-0.4, -0.2) is 12.0 Å². The average Bonchev–Trinajstić information content (AvgIpc) is 2.44. The SMILES string of the molecule is CC(C)Oc1ccc(NC(=O)c2cccc(Cl)c2Cl)cc1Cl. The van der Waals surface area contributed by atoms with Crippen molar-refractivity contribution in [2.45, 2.75) is 20.0 Å². The van der Waals surface area contributed by atoms with Crippen LogP contribution in [0.15, 0.2) is 36.4 Å². The lowest BCUT2D eigenvalue weighted by atomic mass is 10.2. The summed E-state index contributed by atoms with van der Waals surface area (Å²) in [5.41, 5.74) is 0.843. The molecule has 0 saturated carbocycles. The van der Waals surface area contributed by atoms with E-state index in [1.807, 2.05) is 13.8 Å². The molecule has 0 saturated heterocycles. The number of anilines is 1. The van der Waals surface area contributed by atoms with Gasteiger partial charge in [-0.2, -0.15) is 0 Å². The van der Waals surface area contributed by atoms with Gasteiger partial charge in [0.15, 0.2) is 0 Å². The summed E-state index contributed by atoms with van der Waals surface area (Å²) in [5.74, 6) is 0.205. The minimum absolute atomic E-state index is 0.0169. The van der Waals surface area contributed by atoms with E-state index in [0.29, 0.717) is 27.0 Å². The Kier molecular flexibility index (Phi) is 5.57. The highest BCUT2D eigenvalue weighted by Gasteiger charge is 2.13.